The van der Waals surface area contributed by atoms with Gasteiger partial charge in [0.25, 0.3) is 0 Å². The normalized spacial score (nSPS) is 42.5. The highest BCUT2D eigenvalue weighted by Crippen LogP contribution is 2.72. The number of aliphatic hydroxyl groups excluding tert-OH is 1. The van der Waals surface area contributed by atoms with Crippen LogP contribution in [0.2, 0.25) is 18.1 Å². The largest absolute Gasteiger partial charge is 0.414 e. The van der Waals surface area contributed by atoms with Gasteiger partial charge >= 0.3 is 0 Å². The van der Waals surface area contributed by atoms with Gasteiger partial charge < -0.3 is 19.4 Å². The average molecular weight is 557 g/mol. The highest BCUT2D eigenvalue weighted by molar-refractivity contribution is 6.74. The number of hydrogen-bond acceptors (Lipinski definition) is 4. The first-order valence-corrected chi connectivity index (χ1v) is 18.9. The van der Waals surface area contributed by atoms with Crippen LogP contribution in [0.3, 0.4) is 0 Å². The molecule has 0 bridgehead atoms. The second kappa shape index (κ2) is 10.2. The predicted octanol–water partition coefficient (Wildman–Crippen LogP) is 7.83. The van der Waals surface area contributed by atoms with Gasteiger partial charge in [-0.2, -0.15) is 0 Å². The van der Waals surface area contributed by atoms with Gasteiger partial charge in [-0.15, -0.1) is 0 Å². The van der Waals surface area contributed by atoms with Gasteiger partial charge in [0.1, 0.15) is 5.60 Å². The first kappa shape index (κ1) is 29.8. The molecule has 0 spiro atoms. The van der Waals surface area contributed by atoms with E-state index in [1.165, 1.54) is 31.2 Å². The van der Waals surface area contributed by atoms with Gasteiger partial charge in [-0.3, -0.25) is 0 Å². The molecule has 0 saturated heterocycles. The van der Waals surface area contributed by atoms with Gasteiger partial charge in [0.15, 0.2) is 8.32 Å². The zero-order valence-corrected chi connectivity index (χ0v) is 26.9. The molecule has 4 saturated carbocycles. The molecule has 220 valence electrons. The maximum atomic E-state index is 12.9. The van der Waals surface area contributed by atoms with Crippen molar-refractivity contribution in [3.8, 4) is 0 Å². The lowest BCUT2D eigenvalue weighted by Gasteiger charge is -2.65. The van der Waals surface area contributed by atoms with Gasteiger partial charge in [-0.1, -0.05) is 65.0 Å². The summed E-state index contributed by atoms with van der Waals surface area (Å²) in [6.07, 6.45) is 10.7. The summed E-state index contributed by atoms with van der Waals surface area (Å²) >= 11 is 0. The lowest BCUT2D eigenvalue weighted by atomic mass is 9.42. The summed E-state index contributed by atoms with van der Waals surface area (Å²) in [5.74, 6) is 1.57. The summed E-state index contributed by atoms with van der Waals surface area (Å²) in [4.78, 5) is 0. The average Bonchev–Trinajstić information content (AvgIpc) is 3.12. The van der Waals surface area contributed by atoms with Crippen molar-refractivity contribution >= 4 is 8.32 Å². The van der Waals surface area contributed by atoms with Crippen LogP contribution in [0.25, 0.3) is 0 Å². The predicted molar refractivity (Wildman–Crippen MR) is 161 cm³/mol. The van der Waals surface area contributed by atoms with Crippen LogP contribution in [0, 0.1) is 28.6 Å². The molecule has 0 heterocycles. The summed E-state index contributed by atoms with van der Waals surface area (Å²) < 4.78 is 13.8. The third-order valence-corrected chi connectivity index (χ3v) is 17.6. The minimum Gasteiger partial charge on any atom is -0.414 e. The number of ether oxygens (including phenoxy) is 1. The van der Waals surface area contributed by atoms with Crippen molar-refractivity contribution in [3.05, 3.63) is 35.9 Å². The fourth-order valence-corrected chi connectivity index (χ4v) is 11.1. The third kappa shape index (κ3) is 4.52. The van der Waals surface area contributed by atoms with E-state index in [0.29, 0.717) is 36.9 Å². The van der Waals surface area contributed by atoms with Gasteiger partial charge in [0.05, 0.1) is 5.60 Å². The van der Waals surface area contributed by atoms with E-state index < -0.39 is 19.5 Å². The van der Waals surface area contributed by atoms with Gasteiger partial charge in [0, 0.05) is 24.7 Å². The van der Waals surface area contributed by atoms with E-state index in [-0.39, 0.29) is 22.5 Å². The second-order valence-electron chi connectivity index (χ2n) is 15.7. The molecule has 4 nitrogen and oxygen atoms in total. The van der Waals surface area contributed by atoms with E-state index in [4.69, 9.17) is 9.16 Å². The maximum Gasteiger partial charge on any atom is 0.192 e. The lowest BCUT2D eigenvalue weighted by Crippen LogP contribution is -2.65. The van der Waals surface area contributed by atoms with Crippen LogP contribution < -0.4 is 0 Å². The fraction of sp³-hybridized carbons (Fsp3) is 0.824. The quantitative estimate of drug-likeness (QED) is 0.265. The molecule has 39 heavy (non-hydrogen) atoms. The number of aliphatic hydroxyl groups is 2. The first-order chi connectivity index (χ1) is 18.2. The summed E-state index contributed by atoms with van der Waals surface area (Å²) in [6, 6.07) is 10.7. The van der Waals surface area contributed by atoms with Crippen molar-refractivity contribution in [1.29, 1.82) is 0 Å². The standard InChI is InChI=1S/C34H56O4Si/c1-30(2,3)39(6,7)38-27-16-18-31(4)26(24-27)14-15-29-28(31)17-19-32(5)33(29,36)20-21-34(32,37-23-11-22-35)25-12-9-8-10-13-25/h8-10,12-13,26-29,35-36H,11,14-24H2,1-7H3/t26?,27?,28-,29-,31+,32+,33-,34?/m1/s1. The highest BCUT2D eigenvalue weighted by Gasteiger charge is 2.72. The molecule has 4 aliphatic carbocycles. The number of rotatable bonds is 7. The van der Waals surface area contributed by atoms with E-state index in [9.17, 15) is 10.2 Å². The molecule has 0 aliphatic heterocycles. The fourth-order valence-electron chi connectivity index (χ4n) is 9.68. The van der Waals surface area contributed by atoms with Crippen LogP contribution in [0.1, 0.15) is 104 Å². The molecule has 2 N–H and O–H groups in total. The van der Waals surface area contributed by atoms with E-state index in [2.05, 4.69) is 78.0 Å². The topological polar surface area (TPSA) is 58.9 Å². The number of benzene rings is 1. The monoisotopic (exact) mass is 556 g/mol. The number of hydrogen-bond donors (Lipinski definition) is 2. The second-order valence-corrected chi connectivity index (χ2v) is 20.4. The molecule has 1 aromatic rings. The smallest absolute Gasteiger partial charge is 0.192 e. The van der Waals surface area contributed by atoms with Crippen LogP contribution >= 0.6 is 0 Å². The molecule has 1 aromatic carbocycles. The Bertz CT molecular complexity index is 1010. The summed E-state index contributed by atoms with van der Waals surface area (Å²) in [5.41, 5.74) is -0.0986. The zero-order valence-electron chi connectivity index (χ0n) is 25.9. The van der Waals surface area contributed by atoms with Gasteiger partial charge in [-0.25, -0.2) is 0 Å². The van der Waals surface area contributed by atoms with Crippen molar-refractivity contribution in [2.75, 3.05) is 13.2 Å². The summed E-state index contributed by atoms with van der Waals surface area (Å²) in [6.45, 7) is 17.4. The molecule has 4 aliphatic rings. The Morgan fingerprint density at radius 3 is 2.31 bits per heavy atom. The molecule has 0 amide bonds. The van der Waals surface area contributed by atoms with Crippen LogP contribution in [0.4, 0.5) is 0 Å². The molecular formula is C34H56O4Si. The van der Waals surface area contributed by atoms with Crippen LogP contribution in [-0.2, 0) is 14.8 Å². The third-order valence-electron chi connectivity index (χ3n) is 13.1. The molecule has 5 rings (SSSR count). The Balaban J connectivity index is 1.40. The van der Waals surface area contributed by atoms with Crippen molar-refractivity contribution in [2.24, 2.45) is 28.6 Å². The molecule has 5 heteroatoms. The van der Waals surface area contributed by atoms with Crippen LogP contribution in [0.15, 0.2) is 30.3 Å². The molecule has 0 radical (unpaired) electrons. The first-order valence-electron chi connectivity index (χ1n) is 15.9. The number of fused-ring (bicyclic) bond motifs is 5. The highest BCUT2D eigenvalue weighted by atomic mass is 28.4. The van der Waals surface area contributed by atoms with E-state index in [0.717, 1.165) is 32.1 Å². The van der Waals surface area contributed by atoms with Crippen molar-refractivity contribution < 1.29 is 19.4 Å². The molecule has 4 fully saturated rings. The molecule has 3 unspecified atom stereocenters. The van der Waals surface area contributed by atoms with Crippen LogP contribution in [0.5, 0.6) is 0 Å². The van der Waals surface area contributed by atoms with Crippen LogP contribution in [-0.4, -0.2) is 43.4 Å². The Morgan fingerprint density at radius 1 is 0.923 bits per heavy atom. The molecule has 8 atom stereocenters. The lowest BCUT2D eigenvalue weighted by molar-refractivity contribution is -0.249. The van der Waals surface area contributed by atoms with Gasteiger partial charge in [0.2, 0.25) is 0 Å². The SMILES string of the molecule is CC(C)(C)[Si](C)(C)OC1CC[C@@]2(C)C(CC[C@@H]3[C@H]2CC[C@]2(C)C(OCCCO)(c4ccccc4)CC[C@@]32O)C1. The van der Waals surface area contributed by atoms with Crippen molar-refractivity contribution in [2.45, 2.75) is 134 Å². The van der Waals surface area contributed by atoms with Crippen molar-refractivity contribution in [1.82, 2.24) is 0 Å². The Kier molecular flexibility index (Phi) is 7.80. The Hall–Kier alpha value is -0.723. The minimum atomic E-state index is -1.78. The summed E-state index contributed by atoms with van der Waals surface area (Å²) in [5, 5.41) is 22.6. The van der Waals surface area contributed by atoms with E-state index >= 15 is 0 Å². The zero-order chi connectivity index (χ0) is 28.3. The Labute approximate surface area is 239 Å². The van der Waals surface area contributed by atoms with Crippen molar-refractivity contribution in [3.63, 3.8) is 0 Å². The van der Waals surface area contributed by atoms with E-state index in [1.54, 1.807) is 0 Å². The Morgan fingerprint density at radius 2 is 1.64 bits per heavy atom. The molecule has 0 aromatic heterocycles. The van der Waals surface area contributed by atoms with E-state index in [1.807, 2.05) is 0 Å². The maximum absolute atomic E-state index is 12.9. The minimum absolute atomic E-state index is 0.135. The van der Waals surface area contributed by atoms with Gasteiger partial charge in [-0.05, 0) is 111 Å². The molecular weight excluding hydrogens is 500 g/mol. The summed E-state index contributed by atoms with van der Waals surface area (Å²) in [7, 11) is -1.78.